The van der Waals surface area contributed by atoms with Crippen molar-refractivity contribution >= 4 is 17.9 Å². The van der Waals surface area contributed by atoms with Crippen LogP contribution in [0.4, 0.5) is 17.6 Å². The Kier molecular flexibility index (Phi) is 18.8. The number of carbonyl (C=O) groups is 2. The van der Waals surface area contributed by atoms with Gasteiger partial charge in [-0.2, -0.15) is 13.2 Å². The highest BCUT2D eigenvalue weighted by atomic mass is 19.4. The van der Waals surface area contributed by atoms with E-state index in [9.17, 15) is 27.2 Å². The van der Waals surface area contributed by atoms with E-state index < -0.39 is 17.6 Å². The smallest absolute Gasteiger partial charge is 0.387 e. The Hall–Kier alpha value is -4.07. The summed E-state index contributed by atoms with van der Waals surface area (Å²) in [6.45, 7) is 13.6. The second kappa shape index (κ2) is 20.8. The van der Waals surface area contributed by atoms with Gasteiger partial charge >= 0.3 is 6.18 Å². The summed E-state index contributed by atoms with van der Waals surface area (Å²) >= 11 is 0. The first-order valence-electron chi connectivity index (χ1n) is 14.3. The highest BCUT2D eigenvalue weighted by Gasteiger charge is 2.33. The summed E-state index contributed by atoms with van der Waals surface area (Å²) < 4.78 is 48.5. The molecule has 0 aromatic heterocycles. The van der Waals surface area contributed by atoms with E-state index in [1.54, 1.807) is 13.8 Å². The van der Waals surface area contributed by atoms with Crippen LogP contribution in [0.3, 0.4) is 0 Å². The highest BCUT2D eigenvalue weighted by Crippen LogP contribution is 2.31. The van der Waals surface area contributed by atoms with E-state index in [0.29, 0.717) is 23.9 Å². The van der Waals surface area contributed by atoms with Crippen LogP contribution in [0.2, 0.25) is 0 Å². The molecule has 3 aromatic rings. The molecule has 234 valence electrons. The molecule has 0 saturated carbocycles. The van der Waals surface area contributed by atoms with Gasteiger partial charge in [0.1, 0.15) is 12.1 Å². The number of halogens is 4. The van der Waals surface area contributed by atoms with Gasteiger partial charge in [-0.15, -0.1) is 0 Å². The van der Waals surface area contributed by atoms with Crippen LogP contribution in [-0.2, 0) is 11.0 Å². The van der Waals surface area contributed by atoms with E-state index in [1.807, 2.05) is 20.8 Å². The van der Waals surface area contributed by atoms with Gasteiger partial charge < -0.3 is 5.73 Å². The Balaban J connectivity index is 0.000000598. The maximum atomic E-state index is 12.7. The van der Waals surface area contributed by atoms with Crippen LogP contribution in [0.25, 0.3) is 0 Å². The summed E-state index contributed by atoms with van der Waals surface area (Å²) in [5.41, 5.74) is 8.42. The molecule has 2 N–H and O–H groups in total. The molecular weight excluding hydrogens is 556 g/mol. The third-order valence-corrected chi connectivity index (χ3v) is 5.95. The molecule has 3 rings (SSSR count). The molecule has 0 saturated heterocycles. The van der Waals surface area contributed by atoms with Crippen molar-refractivity contribution in [3.63, 3.8) is 0 Å². The monoisotopic (exact) mass is 600 g/mol. The molecule has 0 radical (unpaired) electrons. The van der Waals surface area contributed by atoms with Crippen LogP contribution in [0.1, 0.15) is 101 Å². The quantitative estimate of drug-likeness (QED) is 0.0919. The van der Waals surface area contributed by atoms with Crippen LogP contribution in [0, 0.1) is 5.82 Å². The van der Waals surface area contributed by atoms with Crippen LogP contribution < -0.4 is 5.73 Å². The minimum Gasteiger partial charge on any atom is -0.387 e. The zero-order chi connectivity index (χ0) is 33.0. The lowest BCUT2D eigenvalue weighted by atomic mass is 9.93. The first kappa shape index (κ1) is 38.9. The van der Waals surface area contributed by atoms with Gasteiger partial charge in [0.05, 0.1) is 11.4 Å². The summed E-state index contributed by atoms with van der Waals surface area (Å²) in [7, 11) is 0. The number of allylic oxidation sites excluding steroid dienone is 2. The van der Waals surface area contributed by atoms with Gasteiger partial charge in [0, 0.05) is 22.8 Å². The zero-order valence-electron chi connectivity index (χ0n) is 26.1. The topological polar surface area (TPSA) is 72.5 Å². The van der Waals surface area contributed by atoms with Gasteiger partial charge in [0.2, 0.25) is 0 Å². The van der Waals surface area contributed by atoms with Crippen LogP contribution in [0.5, 0.6) is 0 Å². The molecule has 0 fully saturated rings. The molecule has 0 atom stereocenters. The van der Waals surface area contributed by atoms with Crippen molar-refractivity contribution in [3.8, 4) is 0 Å². The Labute approximate surface area is 253 Å². The molecule has 43 heavy (non-hydrogen) atoms. The van der Waals surface area contributed by atoms with Crippen molar-refractivity contribution in [2.75, 3.05) is 0 Å². The lowest BCUT2D eigenvalue weighted by Gasteiger charge is -2.11. The highest BCUT2D eigenvalue weighted by molar-refractivity contribution is 5.94. The molecule has 0 aliphatic rings. The predicted octanol–water partition coefficient (Wildman–Crippen LogP) is 9.94. The van der Waals surface area contributed by atoms with Gasteiger partial charge in [-0.05, 0) is 49.9 Å². The Bertz CT molecular complexity index is 1260. The molecule has 0 amide bonds. The molecule has 0 spiro atoms. The van der Waals surface area contributed by atoms with Crippen LogP contribution in [-0.4, -0.2) is 17.9 Å². The second-order valence-corrected chi connectivity index (χ2v) is 9.24. The lowest BCUT2D eigenvalue weighted by Crippen LogP contribution is -2.08. The predicted molar refractivity (Wildman–Crippen MR) is 169 cm³/mol. The maximum absolute atomic E-state index is 12.7. The van der Waals surface area contributed by atoms with Crippen molar-refractivity contribution in [2.24, 2.45) is 10.7 Å². The summed E-state index contributed by atoms with van der Waals surface area (Å²) in [4.78, 5) is 25.6. The summed E-state index contributed by atoms with van der Waals surface area (Å²) in [6, 6.07) is 23.2. The number of amidine groups is 1. The number of rotatable bonds is 8. The number of benzene rings is 3. The van der Waals surface area contributed by atoms with Gasteiger partial charge in [-0.25, -0.2) is 9.38 Å². The summed E-state index contributed by atoms with van der Waals surface area (Å²) in [5, 5.41) is 0. The second-order valence-electron chi connectivity index (χ2n) is 9.24. The third-order valence-electron chi connectivity index (χ3n) is 5.95. The molecule has 0 aliphatic carbocycles. The van der Waals surface area contributed by atoms with E-state index >= 15 is 0 Å². The number of nitrogens with two attached hydrogens (primary N) is 1. The molecule has 3 aromatic carbocycles. The standard InChI is InChI=1S/C14H14.C11H20N2O.C8H4F4O.C2H6/c1-12(13-8-4-2-5-9-13)14-10-6-3-7-11-14;1-5-7-10(8(3)14)11(6-2)13-9(4)12;9-7-3-5(4-13)1-2-6(7)8(10,11)12;1-2/h2-12H,1H3;5-7H2,1-4H3,(H2,12,13);1-4H;1-2H3/b;11-10-;;. The number of hydrogen-bond donors (Lipinski definition) is 1. The average molecular weight is 601 g/mol. The van der Waals surface area contributed by atoms with Gasteiger partial charge in [0.15, 0.2) is 5.78 Å². The largest absolute Gasteiger partial charge is 0.419 e. The van der Waals surface area contributed by atoms with Gasteiger partial charge in [0.25, 0.3) is 0 Å². The fourth-order valence-corrected chi connectivity index (χ4v) is 3.86. The molecule has 4 nitrogen and oxygen atoms in total. The van der Waals surface area contributed by atoms with Crippen LogP contribution in [0.15, 0.2) is 95.1 Å². The minimum atomic E-state index is -4.72. The Morgan fingerprint density at radius 3 is 1.72 bits per heavy atom. The minimum absolute atomic E-state index is 0.105. The normalized spacial score (nSPS) is 11.5. The zero-order valence-corrected chi connectivity index (χ0v) is 26.1. The van der Waals surface area contributed by atoms with E-state index in [4.69, 9.17) is 5.73 Å². The lowest BCUT2D eigenvalue weighted by molar-refractivity contribution is -0.140. The van der Waals surface area contributed by atoms with Crippen molar-refractivity contribution in [1.82, 2.24) is 0 Å². The molecule has 0 aliphatic heterocycles. The molecule has 8 heteroatoms. The molecule has 0 heterocycles. The number of aliphatic imine (C=N–C) groups is 1. The van der Waals surface area contributed by atoms with Gasteiger partial charge in [-0.3, -0.25) is 9.59 Å². The van der Waals surface area contributed by atoms with Gasteiger partial charge in [-0.1, -0.05) is 108 Å². The van der Waals surface area contributed by atoms with E-state index in [-0.39, 0.29) is 17.6 Å². The van der Waals surface area contributed by atoms with E-state index in [2.05, 4.69) is 79.5 Å². The van der Waals surface area contributed by atoms with E-state index in [0.717, 1.165) is 36.6 Å². The summed E-state index contributed by atoms with van der Waals surface area (Å²) in [6.07, 6.45) is -1.94. The third kappa shape index (κ3) is 14.6. The SMILES string of the molecule is CC.CC(c1ccccc1)c1ccccc1.CCC/C(C(C)=O)=C(\CC)N=C(C)N.O=Cc1ccc(C(F)(F)F)c(F)c1. The first-order valence-corrected chi connectivity index (χ1v) is 14.3. The van der Waals surface area contributed by atoms with E-state index in [1.165, 1.54) is 11.1 Å². The van der Waals surface area contributed by atoms with Crippen LogP contribution >= 0.6 is 0 Å². The molecule has 0 bridgehead atoms. The number of alkyl halides is 3. The van der Waals surface area contributed by atoms with Crippen molar-refractivity contribution in [1.29, 1.82) is 0 Å². The Morgan fingerprint density at radius 2 is 1.40 bits per heavy atom. The number of ketones is 1. The van der Waals surface area contributed by atoms with Crippen molar-refractivity contribution < 1.29 is 27.2 Å². The number of aldehydes is 1. The fourth-order valence-electron chi connectivity index (χ4n) is 3.86. The van der Waals surface area contributed by atoms with Crippen molar-refractivity contribution in [2.45, 2.75) is 79.8 Å². The fraction of sp³-hybridized carbons (Fsp3) is 0.343. The van der Waals surface area contributed by atoms with Crippen molar-refractivity contribution in [3.05, 3.63) is 118 Å². The number of Topliss-reactive ketones (excluding diaryl/α,β-unsaturated/α-hetero) is 1. The Morgan fingerprint density at radius 1 is 0.907 bits per heavy atom. The molecular formula is C35H44F4N2O2. The summed E-state index contributed by atoms with van der Waals surface area (Å²) in [5.74, 6) is -0.333. The first-order chi connectivity index (χ1) is 20.3. The number of nitrogens with zero attached hydrogens (tertiary/aromatic N) is 1. The average Bonchev–Trinajstić information content (AvgIpc) is 3.00. The number of carbonyl (C=O) groups excluding carboxylic acids is 2. The number of hydrogen-bond acceptors (Lipinski definition) is 3. The maximum Gasteiger partial charge on any atom is 0.419 e. The molecule has 0 unspecified atom stereocenters.